The van der Waals surface area contributed by atoms with Crippen molar-refractivity contribution in [3.63, 3.8) is 0 Å². The smallest absolute Gasteiger partial charge is 0.270 e. The molecule has 0 aliphatic carbocycles. The molecule has 4 rings (SSSR count). The highest BCUT2D eigenvalue weighted by atomic mass is 35.5. The van der Waals surface area contributed by atoms with Gasteiger partial charge in [0.05, 0.1) is 12.2 Å². The van der Waals surface area contributed by atoms with Crippen LogP contribution in [0.1, 0.15) is 27.0 Å². The summed E-state index contributed by atoms with van der Waals surface area (Å²) in [5.74, 6) is -0.528. The third kappa shape index (κ3) is 4.09. The lowest BCUT2D eigenvalue weighted by Crippen LogP contribution is -2.39. The molecule has 0 bridgehead atoms. The fourth-order valence-corrected chi connectivity index (χ4v) is 5.22. The number of rotatable bonds is 4. The van der Waals surface area contributed by atoms with Crippen LogP contribution in [0.25, 0.3) is 0 Å². The molecule has 1 aliphatic heterocycles. The Hall–Kier alpha value is -3.09. The minimum Gasteiger partial charge on any atom is -0.360 e. The van der Waals surface area contributed by atoms with Gasteiger partial charge in [0.2, 0.25) is 5.78 Å². The van der Waals surface area contributed by atoms with Crippen molar-refractivity contribution in [3.8, 4) is 0 Å². The first-order valence-corrected chi connectivity index (χ1v) is 11.5. The monoisotopic (exact) mass is 452 g/mol. The predicted molar refractivity (Wildman–Crippen MR) is 125 cm³/mol. The van der Waals surface area contributed by atoms with Crippen LogP contribution in [0.2, 0.25) is 5.02 Å². The number of para-hydroxylation sites is 1. The van der Waals surface area contributed by atoms with Crippen LogP contribution in [0.5, 0.6) is 0 Å². The Morgan fingerprint density at radius 1 is 1.00 bits per heavy atom. The molecule has 7 heteroatoms. The van der Waals surface area contributed by atoms with Crippen LogP contribution < -0.4 is 9.62 Å². The SMILES string of the molecule is Cc1ccc(N/C=C2\C(=O)c3ccccc3N(Cc3ccc(Cl)cc3)S2(=O)=O)c(C)c1. The highest BCUT2D eigenvalue weighted by molar-refractivity contribution is 7.97. The number of hydrogen-bond acceptors (Lipinski definition) is 4. The second kappa shape index (κ2) is 8.21. The number of carbonyl (C=O) groups is 1. The first-order chi connectivity index (χ1) is 14.8. The number of nitrogens with one attached hydrogen (secondary N) is 1. The van der Waals surface area contributed by atoms with Gasteiger partial charge in [0.1, 0.15) is 0 Å². The minimum absolute atomic E-state index is 0.0880. The van der Waals surface area contributed by atoms with Crippen molar-refractivity contribution in [2.75, 3.05) is 9.62 Å². The zero-order valence-corrected chi connectivity index (χ0v) is 18.7. The normalized spacial score (nSPS) is 16.3. The summed E-state index contributed by atoms with van der Waals surface area (Å²) in [6.07, 6.45) is 1.29. The molecule has 31 heavy (non-hydrogen) atoms. The number of aryl methyl sites for hydroxylation is 2. The molecule has 0 amide bonds. The molecule has 1 N–H and O–H groups in total. The van der Waals surface area contributed by atoms with E-state index in [2.05, 4.69) is 5.32 Å². The number of halogens is 1. The van der Waals surface area contributed by atoms with Crippen LogP contribution in [0.15, 0.2) is 77.8 Å². The van der Waals surface area contributed by atoms with Crippen LogP contribution >= 0.6 is 11.6 Å². The van der Waals surface area contributed by atoms with Crippen molar-refractivity contribution in [1.29, 1.82) is 0 Å². The van der Waals surface area contributed by atoms with Crippen molar-refractivity contribution in [1.82, 2.24) is 0 Å². The summed E-state index contributed by atoms with van der Waals surface area (Å²) in [6.45, 7) is 3.99. The number of fused-ring (bicyclic) bond motifs is 1. The van der Waals surface area contributed by atoms with E-state index in [0.717, 1.165) is 22.4 Å². The third-order valence-electron chi connectivity index (χ3n) is 5.19. The second-order valence-electron chi connectivity index (χ2n) is 7.46. The van der Waals surface area contributed by atoms with E-state index >= 15 is 0 Å². The number of ketones is 1. The van der Waals surface area contributed by atoms with Gasteiger partial charge < -0.3 is 5.32 Å². The van der Waals surface area contributed by atoms with Gasteiger partial charge in [-0.05, 0) is 55.3 Å². The van der Waals surface area contributed by atoms with E-state index in [1.165, 1.54) is 10.5 Å². The molecule has 3 aromatic carbocycles. The molecule has 0 fully saturated rings. The van der Waals surface area contributed by atoms with E-state index in [9.17, 15) is 13.2 Å². The highest BCUT2D eigenvalue weighted by Gasteiger charge is 2.40. The maximum atomic E-state index is 13.5. The Morgan fingerprint density at radius 3 is 2.42 bits per heavy atom. The summed E-state index contributed by atoms with van der Waals surface area (Å²) in [5, 5.41) is 3.58. The van der Waals surface area contributed by atoms with Gasteiger partial charge in [0.15, 0.2) is 4.91 Å². The van der Waals surface area contributed by atoms with Gasteiger partial charge in [-0.15, -0.1) is 0 Å². The number of carbonyl (C=O) groups excluding carboxylic acids is 1. The van der Waals surface area contributed by atoms with Gasteiger partial charge in [0.25, 0.3) is 10.0 Å². The van der Waals surface area contributed by atoms with Crippen molar-refractivity contribution < 1.29 is 13.2 Å². The van der Waals surface area contributed by atoms with E-state index in [1.807, 2.05) is 32.0 Å². The Labute approximate surface area is 187 Å². The van der Waals surface area contributed by atoms with Gasteiger partial charge in [-0.1, -0.05) is 53.6 Å². The Bertz CT molecular complexity index is 1300. The fraction of sp³-hybridized carbons (Fsp3) is 0.125. The lowest BCUT2D eigenvalue weighted by molar-refractivity contribution is 0.104. The first kappa shape index (κ1) is 21.2. The molecule has 5 nitrogen and oxygen atoms in total. The van der Waals surface area contributed by atoms with Crippen LogP contribution in [0.3, 0.4) is 0 Å². The molecular formula is C24H21ClN2O3S. The first-order valence-electron chi connectivity index (χ1n) is 9.72. The van der Waals surface area contributed by atoms with Crippen molar-refractivity contribution in [2.45, 2.75) is 20.4 Å². The Kier molecular flexibility index (Phi) is 5.60. The summed E-state index contributed by atoms with van der Waals surface area (Å²) in [7, 11) is -4.08. The average Bonchev–Trinajstić information content (AvgIpc) is 2.73. The molecule has 0 unspecified atom stereocenters. The molecule has 3 aromatic rings. The van der Waals surface area contributed by atoms with Crippen molar-refractivity contribution in [3.05, 3.63) is 105 Å². The molecule has 0 atom stereocenters. The quantitative estimate of drug-likeness (QED) is 0.535. The molecule has 0 saturated carbocycles. The van der Waals surface area contributed by atoms with E-state index in [4.69, 9.17) is 11.6 Å². The van der Waals surface area contributed by atoms with Crippen LogP contribution in [-0.2, 0) is 16.6 Å². The van der Waals surface area contributed by atoms with E-state index in [1.54, 1.807) is 48.5 Å². The zero-order valence-electron chi connectivity index (χ0n) is 17.1. The number of Topliss-reactive ketones (excluding diaryl/α,β-unsaturated/α-hetero) is 1. The molecular weight excluding hydrogens is 432 g/mol. The molecule has 158 valence electrons. The summed E-state index contributed by atoms with van der Waals surface area (Å²) >= 11 is 5.96. The van der Waals surface area contributed by atoms with Crippen LogP contribution in [0.4, 0.5) is 11.4 Å². The number of sulfonamides is 1. The highest BCUT2D eigenvalue weighted by Crippen LogP contribution is 2.36. The molecule has 0 saturated heterocycles. The lowest BCUT2D eigenvalue weighted by atomic mass is 10.1. The summed E-state index contributed by atoms with van der Waals surface area (Å²) < 4.78 is 28.2. The summed E-state index contributed by atoms with van der Waals surface area (Å²) in [4.78, 5) is 12.8. The van der Waals surface area contributed by atoms with Crippen LogP contribution in [0, 0.1) is 13.8 Å². The zero-order chi connectivity index (χ0) is 22.2. The second-order valence-corrected chi connectivity index (χ2v) is 9.72. The Morgan fingerprint density at radius 2 is 1.71 bits per heavy atom. The standard InChI is InChI=1S/C24H21ClN2O3S/c1-16-7-12-21(17(2)13-16)26-14-23-24(28)20-5-3-4-6-22(20)27(31(23,29)30)15-18-8-10-19(25)11-9-18/h3-14,26H,15H2,1-2H3/b23-14+. The van der Waals surface area contributed by atoms with Crippen molar-refractivity contribution >= 4 is 38.8 Å². The van der Waals surface area contributed by atoms with Crippen LogP contribution in [-0.4, -0.2) is 14.2 Å². The topological polar surface area (TPSA) is 66.5 Å². The summed E-state index contributed by atoms with van der Waals surface area (Å²) in [5.41, 5.74) is 4.27. The molecule has 0 radical (unpaired) electrons. The number of anilines is 2. The van der Waals surface area contributed by atoms with Gasteiger partial charge in [0, 0.05) is 22.5 Å². The van der Waals surface area contributed by atoms with Crippen molar-refractivity contribution in [2.24, 2.45) is 0 Å². The Balaban J connectivity index is 1.78. The molecule has 0 spiro atoms. The largest absolute Gasteiger partial charge is 0.360 e. The predicted octanol–water partition coefficient (Wildman–Crippen LogP) is 5.44. The third-order valence-corrected chi connectivity index (χ3v) is 7.21. The number of hydrogen-bond donors (Lipinski definition) is 1. The molecule has 0 aromatic heterocycles. The molecule has 1 heterocycles. The van der Waals surface area contributed by atoms with Gasteiger partial charge in [-0.3, -0.25) is 9.10 Å². The van der Waals surface area contributed by atoms with Gasteiger partial charge in [-0.2, -0.15) is 0 Å². The van der Waals surface area contributed by atoms with E-state index in [0.29, 0.717) is 16.3 Å². The minimum atomic E-state index is -4.08. The van der Waals surface area contributed by atoms with Gasteiger partial charge in [-0.25, -0.2) is 8.42 Å². The number of allylic oxidation sites excluding steroid dienone is 1. The average molecular weight is 453 g/mol. The van der Waals surface area contributed by atoms with E-state index in [-0.39, 0.29) is 11.4 Å². The number of nitrogens with zero attached hydrogens (tertiary/aromatic N) is 1. The number of benzene rings is 3. The van der Waals surface area contributed by atoms with E-state index < -0.39 is 15.8 Å². The summed E-state index contributed by atoms with van der Waals surface area (Å²) in [6, 6.07) is 19.5. The molecule has 1 aliphatic rings. The van der Waals surface area contributed by atoms with Gasteiger partial charge >= 0.3 is 0 Å². The fourth-order valence-electron chi connectivity index (χ4n) is 3.57. The maximum Gasteiger partial charge on any atom is 0.270 e. The lowest BCUT2D eigenvalue weighted by Gasteiger charge is -2.31. The maximum absolute atomic E-state index is 13.5.